The fraction of sp³-hybridized carbons (Fsp3) is 0.316. The summed E-state index contributed by atoms with van der Waals surface area (Å²) in [7, 11) is 3.98. The maximum Gasteiger partial charge on any atom is 0.251 e. The van der Waals surface area contributed by atoms with Gasteiger partial charge in [-0.3, -0.25) is 4.79 Å². The average molecular weight is 296 g/mol. The lowest BCUT2D eigenvalue weighted by Gasteiger charge is -2.12. The Balaban J connectivity index is 1.69. The molecule has 3 heteroatoms. The zero-order valence-electron chi connectivity index (χ0n) is 13.4. The van der Waals surface area contributed by atoms with Crippen molar-refractivity contribution in [3.8, 4) is 0 Å². The maximum atomic E-state index is 12.0. The number of anilines is 1. The van der Waals surface area contributed by atoms with Gasteiger partial charge in [-0.05, 0) is 49.1 Å². The maximum absolute atomic E-state index is 12.0. The summed E-state index contributed by atoms with van der Waals surface area (Å²) < 4.78 is 0. The standard InChI is InChI=1S/C19H24N2O/c1-21(2)18-13-11-17(12-14-18)19(22)20-15-7-6-10-16-8-4-3-5-9-16/h3-5,8-9,11-14H,6-7,10,15H2,1-2H3,(H,20,22). The first-order valence-electron chi connectivity index (χ1n) is 7.76. The van der Waals surface area contributed by atoms with Gasteiger partial charge >= 0.3 is 0 Å². The Kier molecular flexibility index (Phi) is 6.01. The summed E-state index contributed by atoms with van der Waals surface area (Å²) in [5, 5.41) is 2.98. The van der Waals surface area contributed by atoms with Crippen molar-refractivity contribution in [3.05, 3.63) is 65.7 Å². The zero-order chi connectivity index (χ0) is 15.8. The van der Waals surface area contributed by atoms with Gasteiger partial charge in [0.2, 0.25) is 0 Å². The van der Waals surface area contributed by atoms with Crippen LogP contribution in [0, 0.1) is 0 Å². The number of carbonyl (C=O) groups excluding carboxylic acids is 1. The minimum Gasteiger partial charge on any atom is -0.378 e. The molecule has 0 aliphatic carbocycles. The van der Waals surface area contributed by atoms with Gasteiger partial charge in [0.1, 0.15) is 0 Å². The third-order valence-electron chi connectivity index (χ3n) is 3.67. The number of rotatable bonds is 7. The molecule has 0 aliphatic rings. The summed E-state index contributed by atoms with van der Waals surface area (Å²) in [6, 6.07) is 18.1. The molecule has 0 saturated carbocycles. The first kappa shape index (κ1) is 16.1. The number of hydrogen-bond acceptors (Lipinski definition) is 2. The molecular formula is C19H24N2O. The van der Waals surface area contributed by atoms with Crippen LogP contribution in [-0.2, 0) is 6.42 Å². The summed E-state index contributed by atoms with van der Waals surface area (Å²) in [6.45, 7) is 0.723. The fourth-order valence-corrected chi connectivity index (χ4v) is 2.31. The largest absolute Gasteiger partial charge is 0.378 e. The molecule has 1 amide bonds. The Hall–Kier alpha value is -2.29. The van der Waals surface area contributed by atoms with Crippen molar-refractivity contribution < 1.29 is 4.79 Å². The van der Waals surface area contributed by atoms with Crippen LogP contribution < -0.4 is 10.2 Å². The van der Waals surface area contributed by atoms with Crippen LogP contribution in [0.1, 0.15) is 28.8 Å². The number of hydrogen-bond donors (Lipinski definition) is 1. The third kappa shape index (κ3) is 4.92. The van der Waals surface area contributed by atoms with Gasteiger partial charge in [0, 0.05) is 31.9 Å². The summed E-state index contributed by atoms with van der Waals surface area (Å²) in [5.41, 5.74) is 3.17. The number of amides is 1. The van der Waals surface area contributed by atoms with Gasteiger partial charge < -0.3 is 10.2 Å². The summed E-state index contributed by atoms with van der Waals surface area (Å²) in [6.07, 6.45) is 3.15. The first-order chi connectivity index (χ1) is 10.7. The second-order valence-corrected chi connectivity index (χ2v) is 5.64. The van der Waals surface area contributed by atoms with E-state index in [-0.39, 0.29) is 5.91 Å². The lowest BCUT2D eigenvalue weighted by Crippen LogP contribution is -2.24. The Morgan fingerprint density at radius 2 is 1.64 bits per heavy atom. The second kappa shape index (κ2) is 8.23. The van der Waals surface area contributed by atoms with E-state index < -0.39 is 0 Å². The smallest absolute Gasteiger partial charge is 0.251 e. The number of nitrogens with one attached hydrogen (secondary N) is 1. The molecule has 0 heterocycles. The van der Waals surface area contributed by atoms with Gasteiger partial charge in [-0.1, -0.05) is 30.3 Å². The molecule has 2 aromatic carbocycles. The molecule has 0 spiro atoms. The molecule has 0 bridgehead atoms. The first-order valence-corrected chi connectivity index (χ1v) is 7.76. The fourth-order valence-electron chi connectivity index (χ4n) is 2.31. The average Bonchev–Trinajstić information content (AvgIpc) is 2.55. The summed E-state index contributed by atoms with van der Waals surface area (Å²) in [5.74, 6) is 0.00465. The van der Waals surface area contributed by atoms with Crippen LogP contribution in [0.4, 0.5) is 5.69 Å². The summed E-state index contributed by atoms with van der Waals surface area (Å²) in [4.78, 5) is 14.1. The predicted octanol–water partition coefficient (Wildman–Crippen LogP) is 3.51. The molecule has 0 fully saturated rings. The van der Waals surface area contributed by atoms with E-state index in [9.17, 15) is 4.79 Å². The van der Waals surface area contributed by atoms with Crippen molar-refractivity contribution in [2.24, 2.45) is 0 Å². The lowest BCUT2D eigenvalue weighted by molar-refractivity contribution is 0.0953. The molecular weight excluding hydrogens is 272 g/mol. The highest BCUT2D eigenvalue weighted by Crippen LogP contribution is 2.12. The van der Waals surface area contributed by atoms with Crippen molar-refractivity contribution in [3.63, 3.8) is 0 Å². The molecule has 0 unspecified atom stereocenters. The Morgan fingerprint density at radius 3 is 2.27 bits per heavy atom. The van der Waals surface area contributed by atoms with Gasteiger partial charge in [0.05, 0.1) is 0 Å². The molecule has 0 saturated heterocycles. The number of nitrogens with zero attached hydrogens (tertiary/aromatic N) is 1. The van der Waals surface area contributed by atoms with Crippen LogP contribution in [-0.4, -0.2) is 26.5 Å². The minimum atomic E-state index is 0.00465. The Morgan fingerprint density at radius 1 is 0.955 bits per heavy atom. The van der Waals surface area contributed by atoms with E-state index >= 15 is 0 Å². The van der Waals surface area contributed by atoms with E-state index in [1.54, 1.807) is 0 Å². The van der Waals surface area contributed by atoms with E-state index in [0.29, 0.717) is 5.56 Å². The van der Waals surface area contributed by atoms with E-state index in [1.807, 2.05) is 49.3 Å². The molecule has 0 radical (unpaired) electrons. The van der Waals surface area contributed by atoms with Gasteiger partial charge in [-0.2, -0.15) is 0 Å². The van der Waals surface area contributed by atoms with E-state index in [2.05, 4.69) is 29.6 Å². The molecule has 22 heavy (non-hydrogen) atoms. The molecule has 3 nitrogen and oxygen atoms in total. The SMILES string of the molecule is CN(C)c1ccc(C(=O)NCCCCc2ccccc2)cc1. The number of aryl methyl sites for hydroxylation is 1. The highest BCUT2D eigenvalue weighted by molar-refractivity contribution is 5.94. The monoisotopic (exact) mass is 296 g/mol. The van der Waals surface area contributed by atoms with E-state index in [1.165, 1.54) is 5.56 Å². The zero-order valence-corrected chi connectivity index (χ0v) is 13.4. The molecule has 0 aromatic heterocycles. The number of benzene rings is 2. The molecule has 2 aromatic rings. The lowest BCUT2D eigenvalue weighted by atomic mass is 10.1. The van der Waals surface area contributed by atoms with Gasteiger partial charge in [-0.15, -0.1) is 0 Å². The second-order valence-electron chi connectivity index (χ2n) is 5.64. The van der Waals surface area contributed by atoms with Crippen LogP contribution in [0.25, 0.3) is 0 Å². The summed E-state index contributed by atoms with van der Waals surface area (Å²) >= 11 is 0. The topological polar surface area (TPSA) is 32.3 Å². The molecule has 1 N–H and O–H groups in total. The van der Waals surface area contributed by atoms with Crippen LogP contribution >= 0.6 is 0 Å². The highest BCUT2D eigenvalue weighted by Gasteiger charge is 2.05. The van der Waals surface area contributed by atoms with Crippen molar-refractivity contribution in [2.45, 2.75) is 19.3 Å². The Labute approximate surface area is 133 Å². The van der Waals surface area contributed by atoms with Gasteiger partial charge in [0.25, 0.3) is 5.91 Å². The van der Waals surface area contributed by atoms with Gasteiger partial charge in [0.15, 0.2) is 0 Å². The molecule has 0 aliphatic heterocycles. The Bertz CT molecular complexity index is 576. The van der Waals surface area contributed by atoms with Gasteiger partial charge in [-0.25, -0.2) is 0 Å². The number of carbonyl (C=O) groups is 1. The molecule has 116 valence electrons. The quantitative estimate of drug-likeness (QED) is 0.793. The van der Waals surface area contributed by atoms with Crippen molar-refractivity contribution in [1.82, 2.24) is 5.32 Å². The van der Waals surface area contributed by atoms with Crippen molar-refractivity contribution >= 4 is 11.6 Å². The third-order valence-corrected chi connectivity index (χ3v) is 3.67. The minimum absolute atomic E-state index is 0.00465. The molecule has 0 atom stereocenters. The van der Waals surface area contributed by atoms with Crippen molar-refractivity contribution in [1.29, 1.82) is 0 Å². The van der Waals surface area contributed by atoms with Crippen LogP contribution in [0.3, 0.4) is 0 Å². The normalized spacial score (nSPS) is 10.3. The van der Waals surface area contributed by atoms with Crippen molar-refractivity contribution in [2.75, 3.05) is 25.5 Å². The highest BCUT2D eigenvalue weighted by atomic mass is 16.1. The number of unbranched alkanes of at least 4 members (excludes halogenated alkanes) is 1. The van der Waals surface area contributed by atoms with Crippen LogP contribution in [0.15, 0.2) is 54.6 Å². The molecule has 2 rings (SSSR count). The van der Waals surface area contributed by atoms with Crippen LogP contribution in [0.2, 0.25) is 0 Å². The van der Waals surface area contributed by atoms with E-state index in [0.717, 1.165) is 31.5 Å². The predicted molar refractivity (Wildman–Crippen MR) is 92.5 cm³/mol. The van der Waals surface area contributed by atoms with E-state index in [4.69, 9.17) is 0 Å². The van der Waals surface area contributed by atoms with Crippen LogP contribution in [0.5, 0.6) is 0 Å².